The summed E-state index contributed by atoms with van der Waals surface area (Å²) in [6, 6.07) is 0. The van der Waals surface area contributed by atoms with Crippen LogP contribution in [0.15, 0.2) is 0 Å². The minimum atomic E-state index is -0.673. The Morgan fingerprint density at radius 3 is 1.10 bits per heavy atom. The number of hydrogen-bond acceptors (Lipinski definition) is 3. The molecular weight excluding hydrogens is 496 g/mol. The third-order valence-corrected chi connectivity index (χ3v) is 8.33. The molecule has 238 valence electrons. The van der Waals surface area contributed by atoms with E-state index in [0.717, 1.165) is 44.9 Å². The molecule has 0 bridgehead atoms. The Balaban J connectivity index is 3.94. The van der Waals surface area contributed by atoms with Gasteiger partial charge in [-0.05, 0) is 38.5 Å². The maximum atomic E-state index is 12.6. The molecule has 0 spiro atoms. The second-order valence-corrected chi connectivity index (χ2v) is 12.4. The predicted octanol–water partition coefficient (Wildman–Crippen LogP) is 12.1. The average molecular weight is 567 g/mol. The molecule has 0 aromatic carbocycles. The van der Waals surface area contributed by atoms with Gasteiger partial charge in [-0.1, -0.05) is 162 Å². The van der Waals surface area contributed by atoms with Crippen molar-refractivity contribution in [3.05, 3.63) is 0 Å². The molecule has 40 heavy (non-hydrogen) atoms. The third-order valence-electron chi connectivity index (χ3n) is 8.33. The molecule has 0 radical (unpaired) electrons. The van der Waals surface area contributed by atoms with Crippen LogP contribution in [0.5, 0.6) is 0 Å². The molecule has 0 aliphatic rings. The first-order valence-electron chi connectivity index (χ1n) is 18.0. The van der Waals surface area contributed by atoms with Crippen LogP contribution in [-0.2, 0) is 14.3 Å². The molecule has 1 unspecified atom stereocenters. The maximum absolute atomic E-state index is 12.6. The number of unbranched alkanes of at least 4 members (excludes halogenated alkanes) is 24. The number of hydrogen-bond donors (Lipinski definition) is 1. The van der Waals surface area contributed by atoms with Crippen molar-refractivity contribution in [2.45, 2.75) is 219 Å². The molecular formula is C36H70O4. The highest BCUT2D eigenvalue weighted by Gasteiger charge is 2.14. The number of aliphatic carboxylic acids is 1. The summed E-state index contributed by atoms with van der Waals surface area (Å²) in [4.78, 5) is 23.1. The van der Waals surface area contributed by atoms with Gasteiger partial charge in [-0.2, -0.15) is 0 Å². The molecule has 0 aromatic heterocycles. The second-order valence-electron chi connectivity index (χ2n) is 12.4. The van der Waals surface area contributed by atoms with Crippen molar-refractivity contribution in [1.82, 2.24) is 0 Å². The number of ether oxygens (including phenoxy) is 1. The van der Waals surface area contributed by atoms with Crippen molar-refractivity contribution in [2.24, 2.45) is 0 Å². The van der Waals surface area contributed by atoms with Gasteiger partial charge in [0.1, 0.15) is 6.10 Å². The van der Waals surface area contributed by atoms with E-state index in [1.54, 1.807) is 0 Å². The largest absolute Gasteiger partial charge is 0.481 e. The fourth-order valence-electron chi connectivity index (χ4n) is 5.66. The number of carbonyl (C=O) groups excluding carboxylic acids is 1. The zero-order valence-corrected chi connectivity index (χ0v) is 27.2. The first kappa shape index (κ1) is 38.9. The van der Waals surface area contributed by atoms with Crippen molar-refractivity contribution in [3.8, 4) is 0 Å². The van der Waals surface area contributed by atoms with Gasteiger partial charge in [-0.25, -0.2) is 0 Å². The van der Waals surface area contributed by atoms with Gasteiger partial charge in [0.25, 0.3) is 0 Å². The molecule has 0 aromatic rings. The average Bonchev–Trinajstić information content (AvgIpc) is 2.93. The lowest BCUT2D eigenvalue weighted by Crippen LogP contribution is -2.18. The molecule has 0 amide bonds. The quantitative estimate of drug-likeness (QED) is 0.0633. The second kappa shape index (κ2) is 32.5. The molecule has 0 saturated heterocycles. The van der Waals surface area contributed by atoms with Crippen molar-refractivity contribution >= 4 is 11.9 Å². The molecule has 0 rings (SSSR count). The van der Waals surface area contributed by atoms with Gasteiger partial charge in [0.2, 0.25) is 0 Å². The molecule has 0 aliphatic carbocycles. The lowest BCUT2D eigenvalue weighted by atomic mass is 10.0. The monoisotopic (exact) mass is 567 g/mol. The van der Waals surface area contributed by atoms with Crippen LogP contribution in [0.25, 0.3) is 0 Å². The normalized spacial score (nSPS) is 12.1. The molecule has 1 N–H and O–H groups in total. The summed E-state index contributed by atoms with van der Waals surface area (Å²) in [6.07, 6.45) is 37.0. The van der Waals surface area contributed by atoms with Crippen molar-refractivity contribution in [2.75, 3.05) is 0 Å². The van der Waals surface area contributed by atoms with Crippen LogP contribution < -0.4 is 0 Å². The Bertz CT molecular complexity index is 533. The van der Waals surface area contributed by atoms with E-state index in [4.69, 9.17) is 9.84 Å². The number of carboxylic acids is 1. The molecule has 0 heterocycles. The van der Waals surface area contributed by atoms with E-state index in [9.17, 15) is 9.59 Å². The van der Waals surface area contributed by atoms with E-state index in [0.29, 0.717) is 12.8 Å². The zero-order chi connectivity index (χ0) is 29.4. The lowest BCUT2D eigenvalue weighted by Gasteiger charge is -2.18. The van der Waals surface area contributed by atoms with Gasteiger partial charge in [-0.15, -0.1) is 0 Å². The molecule has 0 aliphatic heterocycles. The van der Waals surface area contributed by atoms with Crippen LogP contribution in [0.3, 0.4) is 0 Å². The standard InChI is InChI=1S/C36H70O4/c1-3-5-7-9-11-12-13-18-21-25-29-33-36(39)40-34(30-26-22-10-8-6-4-2)31-27-23-19-16-14-15-17-20-24-28-32-35(37)38/h34H,3-33H2,1-2H3,(H,37,38). The first-order valence-corrected chi connectivity index (χ1v) is 18.0. The molecule has 0 fully saturated rings. The van der Waals surface area contributed by atoms with Crippen LogP contribution in [0, 0.1) is 0 Å². The first-order chi connectivity index (χ1) is 19.6. The summed E-state index contributed by atoms with van der Waals surface area (Å²) in [5.41, 5.74) is 0. The maximum Gasteiger partial charge on any atom is 0.306 e. The van der Waals surface area contributed by atoms with Crippen LogP contribution in [0.1, 0.15) is 213 Å². The predicted molar refractivity (Wildman–Crippen MR) is 172 cm³/mol. The van der Waals surface area contributed by atoms with E-state index in [-0.39, 0.29) is 12.1 Å². The minimum Gasteiger partial charge on any atom is -0.481 e. The van der Waals surface area contributed by atoms with Crippen molar-refractivity contribution in [3.63, 3.8) is 0 Å². The van der Waals surface area contributed by atoms with E-state index in [1.807, 2.05) is 0 Å². The highest BCUT2D eigenvalue weighted by molar-refractivity contribution is 5.69. The summed E-state index contributed by atoms with van der Waals surface area (Å²) in [5.74, 6) is -0.636. The van der Waals surface area contributed by atoms with Crippen LogP contribution in [-0.4, -0.2) is 23.1 Å². The topological polar surface area (TPSA) is 63.6 Å². The number of carbonyl (C=O) groups is 2. The SMILES string of the molecule is CCCCCCCCCCCCCC(=O)OC(CCCCCCCC)CCCCCCCCCCCCC(=O)O. The van der Waals surface area contributed by atoms with Gasteiger partial charge >= 0.3 is 11.9 Å². The Labute approximate surface area is 250 Å². The van der Waals surface area contributed by atoms with Gasteiger partial charge in [0, 0.05) is 12.8 Å². The summed E-state index contributed by atoms with van der Waals surface area (Å²) in [5, 5.41) is 8.69. The fraction of sp³-hybridized carbons (Fsp3) is 0.944. The van der Waals surface area contributed by atoms with Gasteiger partial charge in [0.05, 0.1) is 0 Å². The number of rotatable bonds is 33. The summed E-state index contributed by atoms with van der Waals surface area (Å²) in [6.45, 7) is 4.53. The van der Waals surface area contributed by atoms with E-state index < -0.39 is 5.97 Å². The van der Waals surface area contributed by atoms with Gasteiger partial charge in [-0.3, -0.25) is 9.59 Å². The van der Waals surface area contributed by atoms with E-state index >= 15 is 0 Å². The lowest BCUT2D eigenvalue weighted by molar-refractivity contribution is -0.150. The summed E-state index contributed by atoms with van der Waals surface area (Å²) >= 11 is 0. The number of esters is 1. The van der Waals surface area contributed by atoms with E-state index in [1.165, 1.54) is 141 Å². The van der Waals surface area contributed by atoms with Crippen LogP contribution >= 0.6 is 0 Å². The number of carboxylic acid groups (broad SMARTS) is 1. The van der Waals surface area contributed by atoms with Crippen LogP contribution in [0.4, 0.5) is 0 Å². The fourth-order valence-corrected chi connectivity index (χ4v) is 5.66. The van der Waals surface area contributed by atoms with Gasteiger partial charge in [0.15, 0.2) is 0 Å². The molecule has 4 nitrogen and oxygen atoms in total. The Kier molecular flexibility index (Phi) is 31.6. The molecule has 4 heteroatoms. The highest BCUT2D eigenvalue weighted by Crippen LogP contribution is 2.19. The zero-order valence-electron chi connectivity index (χ0n) is 27.2. The minimum absolute atomic E-state index is 0.0373. The Morgan fingerprint density at radius 1 is 0.450 bits per heavy atom. The van der Waals surface area contributed by atoms with Crippen LogP contribution in [0.2, 0.25) is 0 Å². The molecule has 1 atom stereocenters. The molecule has 0 saturated carbocycles. The Hall–Kier alpha value is -1.06. The third kappa shape index (κ3) is 31.5. The van der Waals surface area contributed by atoms with Crippen molar-refractivity contribution < 1.29 is 19.4 Å². The Morgan fingerprint density at radius 2 is 0.750 bits per heavy atom. The highest BCUT2D eigenvalue weighted by atomic mass is 16.5. The summed E-state index contributed by atoms with van der Waals surface area (Å²) in [7, 11) is 0. The van der Waals surface area contributed by atoms with Crippen molar-refractivity contribution in [1.29, 1.82) is 0 Å². The van der Waals surface area contributed by atoms with E-state index in [2.05, 4.69) is 13.8 Å². The van der Waals surface area contributed by atoms with Gasteiger partial charge < -0.3 is 9.84 Å². The summed E-state index contributed by atoms with van der Waals surface area (Å²) < 4.78 is 6.00. The smallest absolute Gasteiger partial charge is 0.306 e.